The Kier molecular flexibility index (Phi) is 5.40. The second kappa shape index (κ2) is 8.07. The van der Waals surface area contributed by atoms with E-state index in [1.54, 1.807) is 0 Å². The van der Waals surface area contributed by atoms with Crippen LogP contribution in [0.4, 0.5) is 10.5 Å². The molecule has 3 N–H and O–H groups in total. The molecule has 0 radical (unpaired) electrons. The summed E-state index contributed by atoms with van der Waals surface area (Å²) in [7, 11) is 0. The van der Waals surface area contributed by atoms with Gasteiger partial charge in [-0.1, -0.05) is 0 Å². The van der Waals surface area contributed by atoms with Crippen molar-refractivity contribution in [2.24, 2.45) is 0 Å². The summed E-state index contributed by atoms with van der Waals surface area (Å²) in [4.78, 5) is 18.2. The Hall–Kier alpha value is -2.16. The highest BCUT2D eigenvalue weighted by molar-refractivity contribution is 7.10. The van der Waals surface area contributed by atoms with Crippen molar-refractivity contribution in [3.8, 4) is 17.0 Å². The molecule has 1 atom stereocenters. The molecule has 0 spiro atoms. The smallest absolute Gasteiger partial charge is 0.412 e. The summed E-state index contributed by atoms with van der Waals surface area (Å²) in [6.07, 6.45) is 5.31. The maximum Gasteiger partial charge on any atom is 0.412 e. The van der Waals surface area contributed by atoms with Gasteiger partial charge in [0.15, 0.2) is 0 Å². The number of aromatic nitrogens is 1. The highest BCUT2D eigenvalue weighted by Crippen LogP contribution is 2.45. The van der Waals surface area contributed by atoms with Crippen molar-refractivity contribution >= 4 is 23.1 Å². The standard InChI is InChI=1S/C23H29N3O4S/c1-14-5-6-17-19(26(14)22(27)28)8-7-16(20(17)30-15-3-2-4-15)18-13-31-21(25-18)23(29)9-11-24-12-10-23/h7-8,13-15,24,29H,2-6,9-12H2,1H3,(H,27,28)/t14-/m0/s1. The summed E-state index contributed by atoms with van der Waals surface area (Å²) < 4.78 is 6.45. The van der Waals surface area contributed by atoms with E-state index in [-0.39, 0.29) is 12.1 Å². The monoisotopic (exact) mass is 443 g/mol. The molecule has 7 nitrogen and oxygen atoms in total. The molecular weight excluding hydrogens is 414 g/mol. The molecule has 0 unspecified atom stereocenters. The lowest BCUT2D eigenvalue weighted by Crippen LogP contribution is -2.41. The number of hydrogen-bond donors (Lipinski definition) is 3. The molecule has 3 heterocycles. The molecule has 1 saturated heterocycles. The van der Waals surface area contributed by atoms with Crippen molar-refractivity contribution in [2.75, 3.05) is 18.0 Å². The molecule has 1 saturated carbocycles. The van der Waals surface area contributed by atoms with Crippen LogP contribution in [0.5, 0.6) is 5.75 Å². The first-order chi connectivity index (χ1) is 15.0. The number of anilines is 1. The van der Waals surface area contributed by atoms with E-state index in [1.165, 1.54) is 16.2 Å². The van der Waals surface area contributed by atoms with Gasteiger partial charge >= 0.3 is 6.09 Å². The van der Waals surface area contributed by atoms with Crippen molar-refractivity contribution in [3.05, 3.63) is 28.1 Å². The van der Waals surface area contributed by atoms with Crippen molar-refractivity contribution in [1.82, 2.24) is 10.3 Å². The van der Waals surface area contributed by atoms with Gasteiger partial charge in [0.1, 0.15) is 16.4 Å². The van der Waals surface area contributed by atoms with E-state index in [0.29, 0.717) is 12.8 Å². The van der Waals surface area contributed by atoms with Crippen molar-refractivity contribution in [2.45, 2.75) is 69.6 Å². The first-order valence-electron chi connectivity index (χ1n) is 11.2. The van der Waals surface area contributed by atoms with E-state index in [4.69, 9.17) is 9.72 Å². The molecule has 0 bridgehead atoms. The van der Waals surface area contributed by atoms with Gasteiger partial charge in [0.25, 0.3) is 0 Å². The quantitative estimate of drug-likeness (QED) is 0.658. The molecule has 1 amide bonds. The maximum absolute atomic E-state index is 11.9. The number of carbonyl (C=O) groups is 1. The van der Waals surface area contributed by atoms with Gasteiger partial charge in [-0.2, -0.15) is 0 Å². The van der Waals surface area contributed by atoms with Crippen molar-refractivity contribution in [3.63, 3.8) is 0 Å². The number of piperidine rings is 1. The predicted octanol–water partition coefficient (Wildman–Crippen LogP) is 4.13. The SMILES string of the molecule is C[C@H]1CCc2c(ccc(-c3csc(C4(O)CCNCC4)n3)c2OC2CCC2)N1C(=O)O. The number of carboxylic acid groups (broad SMARTS) is 1. The van der Waals surface area contributed by atoms with Gasteiger partial charge in [-0.25, -0.2) is 9.78 Å². The van der Waals surface area contributed by atoms with E-state index in [9.17, 15) is 15.0 Å². The second-order valence-corrected chi connectivity index (χ2v) is 9.83. The summed E-state index contributed by atoms with van der Waals surface area (Å²) in [5, 5.41) is 26.9. The molecule has 5 rings (SSSR count). The molecule has 1 aromatic carbocycles. The molecule has 2 aliphatic heterocycles. The number of ether oxygens (including phenoxy) is 1. The second-order valence-electron chi connectivity index (χ2n) is 8.97. The normalized spacial score (nSPS) is 23.2. The number of hydrogen-bond acceptors (Lipinski definition) is 6. The van der Waals surface area contributed by atoms with Gasteiger partial charge in [0, 0.05) is 22.5 Å². The van der Waals surface area contributed by atoms with Crippen LogP contribution >= 0.6 is 11.3 Å². The van der Waals surface area contributed by atoms with Crippen molar-refractivity contribution < 1.29 is 19.7 Å². The summed E-state index contributed by atoms with van der Waals surface area (Å²) in [5.74, 6) is 0.773. The van der Waals surface area contributed by atoms with Gasteiger partial charge in [0.05, 0.1) is 17.5 Å². The predicted molar refractivity (Wildman–Crippen MR) is 120 cm³/mol. The highest BCUT2D eigenvalue weighted by atomic mass is 32.1. The molecule has 31 heavy (non-hydrogen) atoms. The van der Waals surface area contributed by atoms with E-state index in [2.05, 4.69) is 5.32 Å². The van der Waals surface area contributed by atoms with E-state index < -0.39 is 11.7 Å². The number of amides is 1. The Morgan fingerprint density at radius 1 is 1.29 bits per heavy atom. The third-order valence-electron chi connectivity index (χ3n) is 6.90. The topological polar surface area (TPSA) is 94.9 Å². The zero-order valence-corrected chi connectivity index (χ0v) is 18.6. The maximum atomic E-state index is 11.9. The fourth-order valence-corrected chi connectivity index (χ4v) is 5.73. The lowest BCUT2D eigenvalue weighted by Gasteiger charge is -2.36. The first kappa shape index (κ1) is 20.7. The molecule has 1 aromatic heterocycles. The fourth-order valence-electron chi connectivity index (χ4n) is 4.75. The number of fused-ring (bicyclic) bond motifs is 1. The number of thiazole rings is 1. The minimum atomic E-state index is -0.931. The van der Waals surface area contributed by atoms with Gasteiger partial charge < -0.3 is 20.3 Å². The third-order valence-corrected chi connectivity index (χ3v) is 7.94. The number of nitrogens with zero attached hydrogens (tertiary/aromatic N) is 2. The Labute approximate surface area is 186 Å². The van der Waals surface area contributed by atoms with Crippen LogP contribution < -0.4 is 15.0 Å². The molecule has 166 valence electrons. The van der Waals surface area contributed by atoms with Gasteiger partial charge in [0.2, 0.25) is 0 Å². The summed E-state index contributed by atoms with van der Waals surface area (Å²) >= 11 is 1.49. The number of nitrogens with one attached hydrogen (secondary N) is 1. The summed E-state index contributed by atoms with van der Waals surface area (Å²) in [6.45, 7) is 3.51. The lowest BCUT2D eigenvalue weighted by molar-refractivity contribution is 0.00581. The molecule has 2 fully saturated rings. The average molecular weight is 444 g/mol. The van der Waals surface area contributed by atoms with E-state index >= 15 is 0 Å². The van der Waals surface area contributed by atoms with E-state index in [1.807, 2.05) is 24.4 Å². The third kappa shape index (κ3) is 3.70. The van der Waals surface area contributed by atoms with Gasteiger partial charge in [-0.05, 0) is 77.1 Å². The summed E-state index contributed by atoms with van der Waals surface area (Å²) in [5.41, 5.74) is 2.49. The first-order valence-corrected chi connectivity index (χ1v) is 12.1. The molecular formula is C23H29N3O4S. The minimum absolute atomic E-state index is 0.0626. The number of aliphatic hydroxyl groups is 1. The van der Waals surface area contributed by atoms with Crippen LogP contribution in [0.15, 0.2) is 17.5 Å². The average Bonchev–Trinajstić information content (AvgIpc) is 3.21. The highest BCUT2D eigenvalue weighted by Gasteiger charge is 2.36. The molecule has 2 aromatic rings. The van der Waals surface area contributed by atoms with Crippen LogP contribution in [0.3, 0.4) is 0 Å². The van der Waals surface area contributed by atoms with Crippen LogP contribution in [-0.2, 0) is 12.0 Å². The number of rotatable bonds is 4. The van der Waals surface area contributed by atoms with Crippen LogP contribution in [0.1, 0.15) is 56.0 Å². The lowest BCUT2D eigenvalue weighted by atomic mass is 9.91. The van der Waals surface area contributed by atoms with Gasteiger partial charge in [-0.15, -0.1) is 11.3 Å². The Morgan fingerprint density at radius 3 is 2.74 bits per heavy atom. The Morgan fingerprint density at radius 2 is 2.06 bits per heavy atom. The van der Waals surface area contributed by atoms with Gasteiger partial charge in [-0.3, -0.25) is 4.90 Å². The zero-order valence-electron chi connectivity index (χ0n) is 17.8. The Bertz CT molecular complexity index is 981. The van der Waals surface area contributed by atoms with Crippen LogP contribution in [-0.4, -0.2) is 46.5 Å². The Balaban J connectivity index is 1.57. The van der Waals surface area contributed by atoms with Crippen LogP contribution in [0.2, 0.25) is 0 Å². The molecule has 3 aliphatic rings. The molecule has 8 heteroatoms. The molecule has 1 aliphatic carbocycles. The largest absolute Gasteiger partial charge is 0.489 e. The fraction of sp³-hybridized carbons (Fsp3) is 0.565. The number of benzene rings is 1. The van der Waals surface area contributed by atoms with E-state index in [0.717, 1.165) is 78.5 Å². The zero-order chi connectivity index (χ0) is 21.6. The van der Waals surface area contributed by atoms with Crippen LogP contribution in [0, 0.1) is 0 Å². The van der Waals surface area contributed by atoms with Crippen LogP contribution in [0.25, 0.3) is 11.3 Å². The van der Waals surface area contributed by atoms with Crippen molar-refractivity contribution in [1.29, 1.82) is 0 Å². The summed E-state index contributed by atoms with van der Waals surface area (Å²) in [6, 6.07) is 3.76. The minimum Gasteiger partial charge on any atom is -0.489 e.